The number of nitrogens with zero attached hydrogens (tertiary/aromatic N) is 1. The number of benzene rings is 1. The number of amides is 2. The molecule has 2 aliphatic rings. The molecule has 0 saturated heterocycles. The molecule has 3 atom stereocenters. The van der Waals surface area contributed by atoms with Crippen LogP contribution in [0.2, 0.25) is 0 Å². The van der Waals surface area contributed by atoms with Gasteiger partial charge in [0.25, 0.3) is 5.91 Å². The van der Waals surface area contributed by atoms with Crippen molar-refractivity contribution in [2.45, 2.75) is 38.8 Å². The van der Waals surface area contributed by atoms with Crippen LogP contribution in [-0.4, -0.2) is 16.4 Å². The predicted molar refractivity (Wildman–Crippen MR) is 105 cm³/mol. The monoisotopic (exact) mass is 387 g/mol. The number of nitrogens with one attached hydrogen (secondary N) is 2. The van der Waals surface area contributed by atoms with Crippen LogP contribution in [0.25, 0.3) is 0 Å². The van der Waals surface area contributed by atoms with Crippen molar-refractivity contribution in [3.63, 3.8) is 0 Å². The summed E-state index contributed by atoms with van der Waals surface area (Å²) in [5, 5.41) is 5.89. The Labute approximate surface area is 161 Å². The van der Waals surface area contributed by atoms with E-state index in [0.717, 1.165) is 24.8 Å². The highest BCUT2D eigenvalue weighted by atomic mass is 32.1. The van der Waals surface area contributed by atoms with Crippen LogP contribution in [0.5, 0.6) is 0 Å². The van der Waals surface area contributed by atoms with Gasteiger partial charge >= 0.3 is 0 Å². The number of hydrogen-bond donors (Lipinski definition) is 2. The van der Waals surface area contributed by atoms with Crippen LogP contribution in [0.1, 0.15) is 47.5 Å². The molecule has 5 nitrogen and oxygen atoms in total. The number of fused-ring (bicyclic) bond motifs is 3. The number of rotatable bonds is 3. The summed E-state index contributed by atoms with van der Waals surface area (Å²) in [6.45, 7) is 2.63. The fraction of sp³-hybridized carbons (Fsp3) is 0.421. The van der Waals surface area contributed by atoms with Crippen molar-refractivity contribution in [1.29, 1.82) is 0 Å². The third kappa shape index (κ3) is 3.10. The van der Waals surface area contributed by atoms with Gasteiger partial charge in [0.05, 0.1) is 5.92 Å². The summed E-state index contributed by atoms with van der Waals surface area (Å²) >= 11 is 6.83. The first-order valence-corrected chi connectivity index (χ1v) is 10.2. The lowest BCUT2D eigenvalue weighted by Crippen LogP contribution is -2.41. The van der Waals surface area contributed by atoms with Crippen molar-refractivity contribution >= 4 is 41.2 Å². The van der Waals surface area contributed by atoms with Gasteiger partial charge in [0.15, 0.2) is 3.95 Å². The van der Waals surface area contributed by atoms with Gasteiger partial charge < -0.3 is 15.2 Å². The first-order valence-electron chi connectivity index (χ1n) is 8.93. The minimum atomic E-state index is -0.193. The van der Waals surface area contributed by atoms with Gasteiger partial charge in [0.1, 0.15) is 10.7 Å². The van der Waals surface area contributed by atoms with Gasteiger partial charge in [-0.1, -0.05) is 48.6 Å². The third-order valence-corrected chi connectivity index (χ3v) is 6.73. The second kappa shape index (κ2) is 6.96. The largest absolute Gasteiger partial charge is 0.347 e. The summed E-state index contributed by atoms with van der Waals surface area (Å²) < 4.78 is 2.67. The zero-order chi connectivity index (χ0) is 18.3. The molecule has 26 heavy (non-hydrogen) atoms. The zero-order valence-electron chi connectivity index (χ0n) is 14.5. The summed E-state index contributed by atoms with van der Waals surface area (Å²) in [6, 6.07) is 9.83. The lowest BCUT2D eigenvalue weighted by Gasteiger charge is -2.39. The number of carbonyl (C=O) groups is 2. The maximum atomic E-state index is 12.7. The molecule has 0 bridgehead atoms. The molecule has 1 aliphatic heterocycles. The fourth-order valence-electron chi connectivity index (χ4n) is 3.98. The van der Waals surface area contributed by atoms with Crippen molar-refractivity contribution < 1.29 is 9.59 Å². The smallest absolute Gasteiger partial charge is 0.265 e. The Bertz CT molecular complexity index is 903. The molecule has 0 radical (unpaired) electrons. The molecule has 4 rings (SSSR count). The van der Waals surface area contributed by atoms with Gasteiger partial charge in [0.2, 0.25) is 5.91 Å². The molecule has 0 spiro atoms. The molecule has 1 aromatic carbocycles. The van der Waals surface area contributed by atoms with Crippen molar-refractivity contribution in [2.24, 2.45) is 11.8 Å². The molecule has 2 aromatic rings. The van der Waals surface area contributed by atoms with E-state index in [2.05, 4.69) is 17.6 Å². The average molecular weight is 388 g/mol. The molecule has 1 aliphatic carbocycles. The molecule has 3 unspecified atom stereocenters. The minimum Gasteiger partial charge on any atom is -0.347 e. The molecular weight excluding hydrogens is 366 g/mol. The van der Waals surface area contributed by atoms with E-state index in [1.54, 1.807) is 0 Å². The highest BCUT2D eigenvalue weighted by Crippen LogP contribution is 2.44. The van der Waals surface area contributed by atoms with Gasteiger partial charge in [-0.2, -0.15) is 0 Å². The number of carbonyl (C=O) groups excluding carboxylic acids is 2. The van der Waals surface area contributed by atoms with Gasteiger partial charge in [-0.25, -0.2) is 0 Å². The van der Waals surface area contributed by atoms with Crippen molar-refractivity contribution in [3.8, 4) is 0 Å². The van der Waals surface area contributed by atoms with Crippen LogP contribution in [0.3, 0.4) is 0 Å². The Morgan fingerprint density at radius 3 is 2.88 bits per heavy atom. The highest BCUT2D eigenvalue weighted by molar-refractivity contribution is 7.73. The SMILES string of the molecule is CC1CCC2C(C1)C(=O)Nc1c(C(=O)NCc3ccccc3)sc(=S)n12. The Kier molecular flexibility index (Phi) is 4.67. The number of aromatic nitrogens is 1. The summed E-state index contributed by atoms with van der Waals surface area (Å²) in [7, 11) is 0. The molecule has 2 heterocycles. The summed E-state index contributed by atoms with van der Waals surface area (Å²) in [5.74, 6) is 0.900. The van der Waals surface area contributed by atoms with Crippen LogP contribution in [0.4, 0.5) is 5.82 Å². The molecule has 2 N–H and O–H groups in total. The number of anilines is 1. The molecule has 136 valence electrons. The van der Waals surface area contributed by atoms with Crippen LogP contribution in [-0.2, 0) is 11.3 Å². The van der Waals surface area contributed by atoms with Crippen LogP contribution >= 0.6 is 23.6 Å². The van der Waals surface area contributed by atoms with Crippen LogP contribution in [0.15, 0.2) is 30.3 Å². The number of thiazole rings is 1. The summed E-state index contributed by atoms with van der Waals surface area (Å²) in [5.41, 5.74) is 1.03. The standard InChI is InChI=1S/C19H21N3O2S2/c1-11-7-8-14-13(9-11)17(23)21-16-15(26-19(25)22(14)16)18(24)20-10-12-5-3-2-4-6-12/h2-6,11,13-14H,7-10H2,1H3,(H,20,24)(H,21,23). The second-order valence-electron chi connectivity index (χ2n) is 7.17. The molecule has 1 aromatic heterocycles. The normalized spacial score (nSPS) is 24.3. The first kappa shape index (κ1) is 17.4. The third-order valence-electron chi connectivity index (χ3n) is 5.33. The van der Waals surface area contributed by atoms with Crippen LogP contribution in [0, 0.1) is 15.8 Å². The predicted octanol–water partition coefficient (Wildman–Crippen LogP) is 4.14. The first-order chi connectivity index (χ1) is 12.5. The van der Waals surface area contributed by atoms with E-state index in [-0.39, 0.29) is 23.8 Å². The highest BCUT2D eigenvalue weighted by Gasteiger charge is 2.41. The van der Waals surface area contributed by atoms with Crippen molar-refractivity contribution in [1.82, 2.24) is 9.88 Å². The Morgan fingerprint density at radius 1 is 1.35 bits per heavy atom. The summed E-state index contributed by atoms with van der Waals surface area (Å²) in [6.07, 6.45) is 2.90. The second-order valence-corrected chi connectivity index (χ2v) is 8.81. The average Bonchev–Trinajstić information content (AvgIpc) is 2.97. The molecular formula is C19H21N3O2S2. The fourth-order valence-corrected chi connectivity index (χ4v) is 5.37. The van der Waals surface area contributed by atoms with Crippen LogP contribution < -0.4 is 10.6 Å². The molecule has 1 fully saturated rings. The Hall–Kier alpha value is -1.99. The van der Waals surface area contributed by atoms with Gasteiger partial charge in [0, 0.05) is 12.6 Å². The van der Waals surface area contributed by atoms with Gasteiger partial charge in [-0.3, -0.25) is 9.59 Å². The zero-order valence-corrected chi connectivity index (χ0v) is 16.2. The molecule has 1 saturated carbocycles. The van der Waals surface area contributed by atoms with E-state index in [9.17, 15) is 9.59 Å². The van der Waals surface area contributed by atoms with Crippen molar-refractivity contribution in [2.75, 3.05) is 5.32 Å². The quantitative estimate of drug-likeness (QED) is 0.778. The van der Waals surface area contributed by atoms with E-state index < -0.39 is 0 Å². The van der Waals surface area contributed by atoms with Crippen molar-refractivity contribution in [3.05, 3.63) is 44.7 Å². The Balaban J connectivity index is 1.60. The maximum absolute atomic E-state index is 12.7. The van der Waals surface area contributed by atoms with Gasteiger partial charge in [-0.05, 0) is 43.0 Å². The Morgan fingerprint density at radius 2 is 2.12 bits per heavy atom. The summed E-state index contributed by atoms with van der Waals surface area (Å²) in [4.78, 5) is 25.8. The maximum Gasteiger partial charge on any atom is 0.265 e. The van der Waals surface area contributed by atoms with E-state index in [1.807, 2.05) is 34.9 Å². The lowest BCUT2D eigenvalue weighted by molar-refractivity contribution is -0.123. The lowest BCUT2D eigenvalue weighted by atomic mass is 9.77. The van der Waals surface area contributed by atoms with E-state index in [4.69, 9.17) is 12.2 Å². The van der Waals surface area contributed by atoms with Gasteiger partial charge in [-0.15, -0.1) is 0 Å². The number of hydrogen-bond acceptors (Lipinski definition) is 4. The van der Waals surface area contributed by atoms with E-state index in [1.165, 1.54) is 11.3 Å². The van der Waals surface area contributed by atoms with E-state index in [0.29, 0.717) is 27.1 Å². The van der Waals surface area contributed by atoms with E-state index >= 15 is 0 Å². The molecule has 2 amide bonds. The minimum absolute atomic E-state index is 0.0199. The topological polar surface area (TPSA) is 63.1 Å². The molecule has 7 heteroatoms.